The fourth-order valence-electron chi connectivity index (χ4n) is 1.29. The van der Waals surface area contributed by atoms with Gasteiger partial charge in [-0.3, -0.25) is 9.59 Å². The van der Waals surface area contributed by atoms with Crippen molar-refractivity contribution in [3.8, 4) is 0 Å². The molecule has 6 heteroatoms. The summed E-state index contributed by atoms with van der Waals surface area (Å²) in [5.41, 5.74) is 0. The van der Waals surface area contributed by atoms with Crippen LogP contribution in [0, 0.1) is 0 Å². The first kappa shape index (κ1) is 13.4. The summed E-state index contributed by atoms with van der Waals surface area (Å²) in [4.78, 5) is 34.2. The number of aliphatic carboxylic acids is 1. The average molecular weight is 255 g/mol. The van der Waals surface area contributed by atoms with E-state index in [1.807, 2.05) is 6.92 Å². The molecule has 5 nitrogen and oxygen atoms in total. The fraction of sp³-hybridized carbons (Fsp3) is 0.364. The molecule has 1 unspecified atom stereocenters. The minimum atomic E-state index is -1.13. The minimum Gasteiger partial charge on any atom is -0.480 e. The SMILES string of the molecule is CCCC(NC(=O)C(=O)c1cccs1)C(=O)O. The van der Waals surface area contributed by atoms with E-state index in [9.17, 15) is 14.4 Å². The molecular weight excluding hydrogens is 242 g/mol. The quantitative estimate of drug-likeness (QED) is 0.593. The van der Waals surface area contributed by atoms with Gasteiger partial charge in [0, 0.05) is 0 Å². The molecule has 1 heterocycles. The van der Waals surface area contributed by atoms with Crippen LogP contribution in [-0.2, 0) is 9.59 Å². The first-order valence-electron chi connectivity index (χ1n) is 5.17. The molecule has 0 aromatic carbocycles. The van der Waals surface area contributed by atoms with Gasteiger partial charge >= 0.3 is 5.97 Å². The highest BCUT2D eigenvalue weighted by atomic mass is 32.1. The summed E-state index contributed by atoms with van der Waals surface area (Å²) >= 11 is 1.15. The van der Waals surface area contributed by atoms with E-state index < -0.39 is 23.7 Å². The number of hydrogen-bond donors (Lipinski definition) is 2. The molecule has 17 heavy (non-hydrogen) atoms. The zero-order valence-corrected chi connectivity index (χ0v) is 10.1. The van der Waals surface area contributed by atoms with E-state index in [4.69, 9.17) is 5.11 Å². The number of carbonyl (C=O) groups excluding carboxylic acids is 2. The molecule has 1 rings (SSSR count). The number of ketones is 1. The summed E-state index contributed by atoms with van der Waals surface area (Å²) < 4.78 is 0. The smallest absolute Gasteiger partial charge is 0.326 e. The number of carboxylic acids is 1. The molecule has 0 aliphatic heterocycles. The number of hydrogen-bond acceptors (Lipinski definition) is 4. The van der Waals surface area contributed by atoms with Crippen LogP contribution in [0.4, 0.5) is 0 Å². The summed E-state index contributed by atoms with van der Waals surface area (Å²) in [5.74, 6) is -2.69. The first-order chi connectivity index (χ1) is 8.06. The number of rotatable bonds is 6. The van der Waals surface area contributed by atoms with Crippen LogP contribution in [0.5, 0.6) is 0 Å². The molecule has 0 saturated heterocycles. The monoisotopic (exact) mass is 255 g/mol. The van der Waals surface area contributed by atoms with Gasteiger partial charge in [0.05, 0.1) is 4.88 Å². The van der Waals surface area contributed by atoms with Crippen LogP contribution in [0.3, 0.4) is 0 Å². The third-order valence-electron chi connectivity index (χ3n) is 2.13. The van der Waals surface area contributed by atoms with Crippen molar-refractivity contribution in [2.45, 2.75) is 25.8 Å². The highest BCUT2D eigenvalue weighted by Gasteiger charge is 2.24. The molecule has 0 spiro atoms. The predicted octanol–water partition coefficient (Wildman–Crippen LogP) is 1.30. The van der Waals surface area contributed by atoms with Crippen LogP contribution in [0.25, 0.3) is 0 Å². The van der Waals surface area contributed by atoms with Crippen LogP contribution in [0.2, 0.25) is 0 Å². The second-order valence-electron chi connectivity index (χ2n) is 3.46. The molecule has 2 N–H and O–H groups in total. The maximum Gasteiger partial charge on any atom is 0.326 e. The summed E-state index contributed by atoms with van der Waals surface area (Å²) in [6.45, 7) is 1.81. The lowest BCUT2D eigenvalue weighted by atomic mass is 10.1. The molecule has 0 radical (unpaired) electrons. The molecule has 0 bridgehead atoms. The fourth-order valence-corrected chi connectivity index (χ4v) is 1.95. The van der Waals surface area contributed by atoms with Crippen LogP contribution < -0.4 is 5.32 Å². The van der Waals surface area contributed by atoms with Crippen LogP contribution in [-0.4, -0.2) is 28.8 Å². The van der Waals surface area contributed by atoms with Gasteiger partial charge < -0.3 is 10.4 Å². The van der Waals surface area contributed by atoms with Crippen molar-refractivity contribution in [3.05, 3.63) is 22.4 Å². The van der Waals surface area contributed by atoms with Crippen molar-refractivity contribution >= 4 is 29.0 Å². The van der Waals surface area contributed by atoms with E-state index in [0.29, 0.717) is 17.7 Å². The van der Waals surface area contributed by atoms with Gasteiger partial charge in [-0.05, 0) is 17.9 Å². The number of amides is 1. The second kappa shape index (κ2) is 6.15. The topological polar surface area (TPSA) is 83.5 Å². The van der Waals surface area contributed by atoms with Gasteiger partial charge in [0.15, 0.2) is 0 Å². The molecule has 0 aliphatic rings. The lowest BCUT2D eigenvalue weighted by Gasteiger charge is -2.12. The van der Waals surface area contributed by atoms with Crippen molar-refractivity contribution in [2.24, 2.45) is 0 Å². The van der Waals surface area contributed by atoms with Gasteiger partial charge in [-0.25, -0.2) is 4.79 Å². The predicted molar refractivity (Wildman–Crippen MR) is 63.1 cm³/mol. The second-order valence-corrected chi connectivity index (χ2v) is 4.41. The zero-order valence-electron chi connectivity index (χ0n) is 9.30. The molecule has 92 valence electrons. The highest BCUT2D eigenvalue weighted by Crippen LogP contribution is 2.09. The summed E-state index contributed by atoms with van der Waals surface area (Å²) in [6.07, 6.45) is 0.920. The minimum absolute atomic E-state index is 0.304. The zero-order chi connectivity index (χ0) is 12.8. The van der Waals surface area contributed by atoms with Gasteiger partial charge in [0.1, 0.15) is 6.04 Å². The van der Waals surface area contributed by atoms with E-state index in [0.717, 1.165) is 11.3 Å². The Morgan fingerprint density at radius 3 is 2.65 bits per heavy atom. The van der Waals surface area contributed by atoms with Gasteiger partial charge in [-0.2, -0.15) is 0 Å². The van der Waals surface area contributed by atoms with Crippen molar-refractivity contribution in [3.63, 3.8) is 0 Å². The van der Waals surface area contributed by atoms with Crippen LogP contribution >= 0.6 is 11.3 Å². The molecule has 1 aromatic rings. The van der Waals surface area contributed by atoms with Crippen molar-refractivity contribution in [1.29, 1.82) is 0 Å². The molecule has 1 amide bonds. The summed E-state index contributed by atoms with van der Waals surface area (Å²) in [5, 5.41) is 12.7. The number of carbonyl (C=O) groups is 3. The van der Waals surface area contributed by atoms with E-state index in [1.54, 1.807) is 11.4 Å². The van der Waals surface area contributed by atoms with Crippen LogP contribution in [0.1, 0.15) is 29.4 Å². The van der Waals surface area contributed by atoms with Crippen molar-refractivity contribution in [1.82, 2.24) is 5.32 Å². The molecule has 0 aliphatic carbocycles. The molecule has 1 aromatic heterocycles. The number of thiophene rings is 1. The Hall–Kier alpha value is -1.69. The number of Topliss-reactive ketones (excluding diaryl/α,β-unsaturated/α-hetero) is 1. The highest BCUT2D eigenvalue weighted by molar-refractivity contribution is 7.13. The third-order valence-corrected chi connectivity index (χ3v) is 3.00. The average Bonchev–Trinajstić information content (AvgIpc) is 2.80. The maximum absolute atomic E-state index is 11.6. The van der Waals surface area contributed by atoms with Crippen molar-refractivity contribution in [2.75, 3.05) is 0 Å². The van der Waals surface area contributed by atoms with E-state index in [1.165, 1.54) is 6.07 Å². The van der Waals surface area contributed by atoms with E-state index in [-0.39, 0.29) is 0 Å². The van der Waals surface area contributed by atoms with Crippen LogP contribution in [0.15, 0.2) is 17.5 Å². The Labute approximate surface area is 102 Å². The Morgan fingerprint density at radius 1 is 1.47 bits per heavy atom. The molecular formula is C11H13NO4S. The number of nitrogens with one attached hydrogen (secondary N) is 1. The van der Waals surface area contributed by atoms with E-state index in [2.05, 4.69) is 5.32 Å². The molecule has 0 fully saturated rings. The lowest BCUT2D eigenvalue weighted by Crippen LogP contribution is -2.43. The van der Waals surface area contributed by atoms with Gasteiger partial charge in [-0.1, -0.05) is 19.4 Å². The Kier molecular flexibility index (Phi) is 4.84. The Morgan fingerprint density at radius 2 is 2.18 bits per heavy atom. The first-order valence-corrected chi connectivity index (χ1v) is 6.05. The standard InChI is InChI=1S/C11H13NO4S/c1-2-4-7(11(15)16)12-10(14)9(13)8-5-3-6-17-8/h3,5-7H,2,4H2,1H3,(H,12,14)(H,15,16). The Bertz CT molecular complexity index is 413. The molecule has 1 atom stereocenters. The summed E-state index contributed by atoms with van der Waals surface area (Å²) in [6, 6.07) is 2.19. The lowest BCUT2D eigenvalue weighted by molar-refractivity contribution is -0.141. The van der Waals surface area contributed by atoms with E-state index >= 15 is 0 Å². The van der Waals surface area contributed by atoms with Crippen molar-refractivity contribution < 1.29 is 19.5 Å². The number of carboxylic acid groups (broad SMARTS) is 1. The van der Waals surface area contributed by atoms with Gasteiger partial charge in [0.25, 0.3) is 11.7 Å². The third kappa shape index (κ3) is 3.67. The largest absolute Gasteiger partial charge is 0.480 e. The van der Waals surface area contributed by atoms with Gasteiger partial charge in [-0.15, -0.1) is 11.3 Å². The molecule has 0 saturated carbocycles. The summed E-state index contributed by atoms with van der Waals surface area (Å²) in [7, 11) is 0. The maximum atomic E-state index is 11.6. The van der Waals surface area contributed by atoms with Gasteiger partial charge in [0.2, 0.25) is 0 Å². The Balaban J connectivity index is 2.64. The normalized spacial score (nSPS) is 11.8.